The molecule has 0 atom stereocenters. The van der Waals surface area contributed by atoms with Crippen LogP contribution < -0.4 is 0 Å². The van der Waals surface area contributed by atoms with Crippen molar-refractivity contribution in [3.63, 3.8) is 0 Å². The van der Waals surface area contributed by atoms with Crippen LogP contribution in [0.25, 0.3) is 0 Å². The first-order valence-electron chi connectivity index (χ1n) is 5.91. The highest BCUT2D eigenvalue weighted by Crippen LogP contribution is 2.15. The molecule has 1 heteroatoms. The third-order valence-electron chi connectivity index (χ3n) is 2.91. The summed E-state index contributed by atoms with van der Waals surface area (Å²) in [7, 11) is 0. The molecular formula is C12H22O. The molecule has 0 aliphatic heterocycles. The molecule has 0 spiro atoms. The van der Waals surface area contributed by atoms with E-state index in [1.54, 1.807) is 0 Å². The van der Waals surface area contributed by atoms with Crippen molar-refractivity contribution in [3.05, 3.63) is 0 Å². The van der Waals surface area contributed by atoms with Crippen LogP contribution in [0, 0.1) is 0 Å². The number of ketones is 1. The Morgan fingerprint density at radius 2 is 0.846 bits per heavy atom. The first kappa shape index (κ1) is 10.7. The SMILES string of the molecule is C1CCCCC1.O=C1CCCCC1. The minimum Gasteiger partial charge on any atom is -0.300 e. The number of hydrogen-bond donors (Lipinski definition) is 0. The molecule has 0 saturated heterocycles. The third kappa shape index (κ3) is 5.84. The fourth-order valence-corrected chi connectivity index (χ4v) is 2.01. The Bertz CT molecular complexity index is 117. The molecule has 2 aliphatic rings. The van der Waals surface area contributed by atoms with Gasteiger partial charge < -0.3 is 0 Å². The van der Waals surface area contributed by atoms with Gasteiger partial charge in [-0.1, -0.05) is 44.9 Å². The zero-order valence-electron chi connectivity index (χ0n) is 8.69. The Morgan fingerprint density at radius 3 is 1.08 bits per heavy atom. The van der Waals surface area contributed by atoms with E-state index in [-0.39, 0.29) is 0 Å². The maximum atomic E-state index is 10.5. The summed E-state index contributed by atoms with van der Waals surface area (Å²) in [6.45, 7) is 0. The van der Waals surface area contributed by atoms with Crippen molar-refractivity contribution < 1.29 is 4.79 Å². The van der Waals surface area contributed by atoms with Crippen LogP contribution in [0.4, 0.5) is 0 Å². The van der Waals surface area contributed by atoms with Crippen LogP contribution >= 0.6 is 0 Å². The zero-order valence-corrected chi connectivity index (χ0v) is 8.69. The van der Waals surface area contributed by atoms with Crippen molar-refractivity contribution >= 4 is 5.78 Å². The van der Waals surface area contributed by atoms with Gasteiger partial charge in [-0.05, 0) is 12.8 Å². The van der Waals surface area contributed by atoms with Gasteiger partial charge in [0.25, 0.3) is 0 Å². The van der Waals surface area contributed by atoms with Crippen molar-refractivity contribution in [3.8, 4) is 0 Å². The summed E-state index contributed by atoms with van der Waals surface area (Å²) in [6.07, 6.45) is 14.2. The Balaban J connectivity index is 0.000000132. The van der Waals surface area contributed by atoms with E-state index in [9.17, 15) is 4.79 Å². The summed E-state index contributed by atoms with van der Waals surface area (Å²) < 4.78 is 0. The van der Waals surface area contributed by atoms with Gasteiger partial charge in [-0.2, -0.15) is 0 Å². The lowest BCUT2D eigenvalue weighted by atomic mass is 10.00. The van der Waals surface area contributed by atoms with Crippen molar-refractivity contribution in [1.82, 2.24) is 0 Å². The summed E-state index contributed by atoms with van der Waals surface area (Å²) in [5.74, 6) is 0.464. The van der Waals surface area contributed by atoms with E-state index >= 15 is 0 Å². The van der Waals surface area contributed by atoms with Crippen molar-refractivity contribution in [2.45, 2.75) is 70.6 Å². The second-order valence-electron chi connectivity index (χ2n) is 4.22. The Kier molecular flexibility index (Phi) is 5.88. The first-order valence-corrected chi connectivity index (χ1v) is 5.91. The molecule has 0 radical (unpaired) electrons. The van der Waals surface area contributed by atoms with Crippen LogP contribution in [0.1, 0.15) is 70.6 Å². The van der Waals surface area contributed by atoms with Gasteiger partial charge in [0.1, 0.15) is 5.78 Å². The van der Waals surface area contributed by atoms with Crippen LogP contribution in [0.2, 0.25) is 0 Å². The smallest absolute Gasteiger partial charge is 0.132 e. The van der Waals surface area contributed by atoms with Gasteiger partial charge in [-0.25, -0.2) is 0 Å². The maximum Gasteiger partial charge on any atom is 0.132 e. The highest BCUT2D eigenvalue weighted by molar-refractivity contribution is 5.78. The summed E-state index contributed by atoms with van der Waals surface area (Å²) in [4.78, 5) is 10.5. The van der Waals surface area contributed by atoms with Crippen molar-refractivity contribution in [2.24, 2.45) is 0 Å². The standard InChI is InChI=1S/C6H10O.C6H12/c7-6-4-2-1-3-5-6;1-2-4-6-5-3-1/h1-5H2;1-6H2. The van der Waals surface area contributed by atoms with Crippen LogP contribution in [0.3, 0.4) is 0 Å². The number of rotatable bonds is 0. The Labute approximate surface area is 81.9 Å². The van der Waals surface area contributed by atoms with Gasteiger partial charge >= 0.3 is 0 Å². The lowest BCUT2D eigenvalue weighted by Crippen LogP contribution is -2.02. The lowest BCUT2D eigenvalue weighted by Gasteiger charge is -2.05. The molecule has 0 bridgehead atoms. The van der Waals surface area contributed by atoms with E-state index < -0.39 is 0 Å². The molecule has 0 N–H and O–H groups in total. The van der Waals surface area contributed by atoms with Gasteiger partial charge in [-0.3, -0.25) is 4.79 Å². The second kappa shape index (κ2) is 7.11. The molecule has 0 aromatic rings. The molecule has 2 aliphatic carbocycles. The van der Waals surface area contributed by atoms with E-state index in [1.807, 2.05) is 0 Å². The number of carbonyl (C=O) groups is 1. The molecule has 1 nitrogen and oxygen atoms in total. The maximum absolute atomic E-state index is 10.5. The first-order chi connectivity index (χ1) is 6.39. The second-order valence-corrected chi connectivity index (χ2v) is 4.22. The summed E-state index contributed by atoms with van der Waals surface area (Å²) in [5.41, 5.74) is 0. The average molecular weight is 182 g/mol. The highest BCUT2D eigenvalue weighted by Gasteiger charge is 2.05. The summed E-state index contributed by atoms with van der Waals surface area (Å²) in [5, 5.41) is 0. The zero-order chi connectivity index (χ0) is 9.36. The molecule has 0 heterocycles. The van der Waals surface area contributed by atoms with Crippen LogP contribution in [0.5, 0.6) is 0 Å². The molecular weight excluding hydrogens is 160 g/mol. The highest BCUT2D eigenvalue weighted by atomic mass is 16.1. The molecule has 0 aromatic heterocycles. The molecule has 2 saturated carbocycles. The molecule has 13 heavy (non-hydrogen) atoms. The predicted molar refractivity (Wildman–Crippen MR) is 55.8 cm³/mol. The van der Waals surface area contributed by atoms with E-state index in [4.69, 9.17) is 0 Å². The third-order valence-corrected chi connectivity index (χ3v) is 2.91. The van der Waals surface area contributed by atoms with E-state index in [1.165, 1.54) is 44.9 Å². The molecule has 0 amide bonds. The molecule has 2 fully saturated rings. The molecule has 2 rings (SSSR count). The average Bonchev–Trinajstić information content (AvgIpc) is 2.22. The van der Waals surface area contributed by atoms with Crippen LogP contribution in [-0.2, 0) is 4.79 Å². The number of carbonyl (C=O) groups excluding carboxylic acids is 1. The number of hydrogen-bond acceptors (Lipinski definition) is 1. The molecule has 76 valence electrons. The quantitative estimate of drug-likeness (QED) is 0.556. The fraction of sp³-hybridized carbons (Fsp3) is 0.917. The molecule has 0 unspecified atom stereocenters. The normalized spacial score (nSPS) is 23.2. The minimum absolute atomic E-state index is 0.464. The van der Waals surface area contributed by atoms with Crippen molar-refractivity contribution in [2.75, 3.05) is 0 Å². The minimum atomic E-state index is 0.464. The van der Waals surface area contributed by atoms with Gasteiger partial charge in [0.2, 0.25) is 0 Å². The van der Waals surface area contributed by atoms with Crippen LogP contribution in [0.15, 0.2) is 0 Å². The van der Waals surface area contributed by atoms with Gasteiger partial charge in [-0.15, -0.1) is 0 Å². The fourth-order valence-electron chi connectivity index (χ4n) is 2.01. The number of Topliss-reactive ketones (excluding diaryl/α,β-unsaturated/α-hetero) is 1. The predicted octanol–water partition coefficient (Wildman–Crippen LogP) is 3.86. The van der Waals surface area contributed by atoms with Gasteiger partial charge in [0.05, 0.1) is 0 Å². The van der Waals surface area contributed by atoms with E-state index in [0.29, 0.717) is 5.78 Å². The van der Waals surface area contributed by atoms with E-state index in [0.717, 1.165) is 25.7 Å². The van der Waals surface area contributed by atoms with Crippen LogP contribution in [-0.4, -0.2) is 5.78 Å². The summed E-state index contributed by atoms with van der Waals surface area (Å²) >= 11 is 0. The van der Waals surface area contributed by atoms with Crippen molar-refractivity contribution in [1.29, 1.82) is 0 Å². The monoisotopic (exact) mass is 182 g/mol. The molecule has 0 aromatic carbocycles. The van der Waals surface area contributed by atoms with Gasteiger partial charge in [0, 0.05) is 12.8 Å². The summed E-state index contributed by atoms with van der Waals surface area (Å²) in [6, 6.07) is 0. The topological polar surface area (TPSA) is 17.1 Å². The lowest BCUT2D eigenvalue weighted by molar-refractivity contribution is -0.120. The van der Waals surface area contributed by atoms with E-state index in [2.05, 4.69) is 0 Å². The largest absolute Gasteiger partial charge is 0.300 e. The Hall–Kier alpha value is -0.330. The Morgan fingerprint density at radius 1 is 0.538 bits per heavy atom. The van der Waals surface area contributed by atoms with Gasteiger partial charge in [0.15, 0.2) is 0 Å².